The van der Waals surface area contributed by atoms with Gasteiger partial charge in [-0.3, -0.25) is 4.79 Å². The van der Waals surface area contributed by atoms with Gasteiger partial charge < -0.3 is 104 Å². The monoisotopic (exact) mass is 766 g/mol. The van der Waals surface area contributed by atoms with Gasteiger partial charge in [0.1, 0.15) is 60.5 Å². The number of carbonyl (C=O) groups is 1. The van der Waals surface area contributed by atoms with E-state index >= 15 is 0 Å². The van der Waals surface area contributed by atoms with Crippen LogP contribution in [0.25, 0.3) is 0 Å². The largest absolute Gasteiger partial charge is 0.394 e. The second-order valence-electron chi connectivity index (χ2n) is 15.1. The predicted octanol–water partition coefficient (Wildman–Crippen LogP) is -7.51. The van der Waals surface area contributed by atoms with Crippen molar-refractivity contribution in [3.8, 4) is 0 Å². The highest BCUT2D eigenvalue weighted by Gasteiger charge is 2.56. The molecule has 0 bridgehead atoms. The first kappa shape index (κ1) is 42.8. The van der Waals surface area contributed by atoms with Crippen LogP contribution in [0.3, 0.4) is 0 Å². The van der Waals surface area contributed by atoms with Crippen molar-refractivity contribution in [3.05, 3.63) is 0 Å². The van der Waals surface area contributed by atoms with E-state index in [1.165, 1.54) is 11.9 Å². The topological polar surface area (TPSA) is 365 Å². The molecule has 21 nitrogen and oxygen atoms in total. The first-order valence-electron chi connectivity index (χ1n) is 18.5. The number of carbonyl (C=O) groups excluding carboxylic acids is 1. The summed E-state index contributed by atoms with van der Waals surface area (Å²) in [7, 11) is 1.44. The van der Waals surface area contributed by atoms with Gasteiger partial charge in [0.2, 0.25) is 0 Å². The van der Waals surface area contributed by atoms with Gasteiger partial charge in [-0.2, -0.15) is 0 Å². The van der Waals surface area contributed by atoms with Crippen LogP contribution >= 0.6 is 0 Å². The molecule has 3 heterocycles. The fraction of sp³-hybridized carbons (Fsp3) is 0.969. The van der Waals surface area contributed by atoms with Gasteiger partial charge >= 0.3 is 0 Å². The van der Waals surface area contributed by atoms with Crippen LogP contribution in [0.2, 0.25) is 0 Å². The number of nitrogens with two attached hydrogens (primary N) is 6. The van der Waals surface area contributed by atoms with E-state index in [1.54, 1.807) is 0 Å². The van der Waals surface area contributed by atoms with E-state index in [0.717, 1.165) is 6.42 Å². The third kappa shape index (κ3) is 9.31. The molecule has 2 saturated carbocycles. The molecule has 0 aromatic rings. The van der Waals surface area contributed by atoms with Crippen LogP contribution in [0.15, 0.2) is 0 Å². The summed E-state index contributed by atoms with van der Waals surface area (Å²) in [6, 6.07) is -4.05. The lowest BCUT2D eigenvalue weighted by Gasteiger charge is -2.50. The van der Waals surface area contributed by atoms with Crippen LogP contribution in [0.5, 0.6) is 0 Å². The zero-order valence-corrected chi connectivity index (χ0v) is 30.1. The van der Waals surface area contributed by atoms with Crippen molar-refractivity contribution in [1.29, 1.82) is 0 Å². The Morgan fingerprint density at radius 2 is 1.49 bits per heavy atom. The van der Waals surface area contributed by atoms with E-state index in [9.17, 15) is 35.4 Å². The second kappa shape index (κ2) is 18.3. The summed E-state index contributed by atoms with van der Waals surface area (Å²) >= 11 is 0. The van der Waals surface area contributed by atoms with Gasteiger partial charge in [-0.1, -0.05) is 0 Å². The number of nitrogens with zero attached hydrogens (tertiary/aromatic N) is 1. The van der Waals surface area contributed by atoms with Crippen LogP contribution in [0, 0.1) is 0 Å². The molecule has 0 radical (unpaired) electrons. The number of aliphatic hydroxyl groups is 6. The Hall–Kier alpha value is -1.29. The molecule has 0 unspecified atom stereocenters. The molecule has 1 amide bonds. The molecule has 0 spiro atoms. The van der Waals surface area contributed by atoms with E-state index < -0.39 is 116 Å². The maximum absolute atomic E-state index is 13.5. The van der Waals surface area contributed by atoms with Crippen LogP contribution < -0.4 is 39.7 Å². The van der Waals surface area contributed by atoms with Gasteiger partial charge in [0.15, 0.2) is 18.9 Å². The van der Waals surface area contributed by atoms with Crippen molar-refractivity contribution < 1.29 is 63.9 Å². The van der Waals surface area contributed by atoms with Gasteiger partial charge in [0, 0.05) is 45.1 Å². The maximum Gasteiger partial charge on any atom is 0.254 e. The minimum Gasteiger partial charge on any atom is -0.394 e. The average Bonchev–Trinajstić information content (AvgIpc) is 3.42. The molecule has 17 atom stereocenters. The van der Waals surface area contributed by atoms with Crippen molar-refractivity contribution in [2.24, 2.45) is 34.4 Å². The Balaban J connectivity index is 1.35. The minimum absolute atomic E-state index is 0.0224. The molecule has 0 aromatic carbocycles. The first-order chi connectivity index (χ1) is 25.1. The zero-order valence-electron chi connectivity index (χ0n) is 30.1. The van der Waals surface area contributed by atoms with Crippen molar-refractivity contribution in [2.75, 3.05) is 39.8 Å². The summed E-state index contributed by atoms with van der Waals surface area (Å²) in [6.45, 7) is 0.940. The molecular formula is C32H62N8O13. The number of ether oxygens (including phenoxy) is 6. The van der Waals surface area contributed by atoms with Crippen molar-refractivity contribution >= 4 is 5.91 Å². The van der Waals surface area contributed by atoms with E-state index in [-0.39, 0.29) is 38.0 Å². The average molecular weight is 767 g/mol. The number of hydrogen-bond acceptors (Lipinski definition) is 20. The van der Waals surface area contributed by atoms with Crippen molar-refractivity contribution in [2.45, 2.75) is 154 Å². The summed E-state index contributed by atoms with van der Waals surface area (Å²) in [5.74, 6) is -0.644. The molecular weight excluding hydrogens is 704 g/mol. The number of amides is 1. The molecule has 53 heavy (non-hydrogen) atoms. The SMILES string of the molecule is CN(C(=O)C1(O)CC(N)C1)[C@@H]1C[C@H](N)[C@@H](O[C@H]2O[C@H](CNCCCN)CC[C@H]2N)[C@H](O[C@@H]2O[C@H](CO)[C@@H](O[C@H]3O[C@@H](CN)[C@@H](O)[C@H](O)[C@H]3N)[C@H]2O)[C@H]1O. The van der Waals surface area contributed by atoms with Crippen LogP contribution in [-0.2, 0) is 33.2 Å². The van der Waals surface area contributed by atoms with Gasteiger partial charge in [0.25, 0.3) is 5.91 Å². The van der Waals surface area contributed by atoms with Crippen LogP contribution in [0.1, 0.15) is 38.5 Å². The highest BCUT2D eigenvalue weighted by Crippen LogP contribution is 2.38. The number of rotatable bonds is 15. The zero-order chi connectivity index (χ0) is 38.8. The molecule has 5 aliphatic rings. The molecule has 3 saturated heterocycles. The Morgan fingerprint density at radius 3 is 2.13 bits per heavy atom. The lowest BCUT2D eigenvalue weighted by molar-refractivity contribution is -0.292. The fourth-order valence-electron chi connectivity index (χ4n) is 7.91. The molecule has 19 N–H and O–H groups in total. The Bertz CT molecular complexity index is 1180. The van der Waals surface area contributed by atoms with Crippen LogP contribution in [-0.4, -0.2) is 197 Å². The van der Waals surface area contributed by atoms with E-state index in [0.29, 0.717) is 32.5 Å². The quantitative estimate of drug-likeness (QED) is 0.0688. The van der Waals surface area contributed by atoms with E-state index in [1.807, 2.05) is 0 Å². The molecule has 0 aromatic heterocycles. The number of likely N-dealkylation sites (N-methyl/N-ethyl adjacent to an activating group) is 1. The van der Waals surface area contributed by atoms with Gasteiger partial charge in [-0.05, 0) is 38.8 Å². The van der Waals surface area contributed by atoms with E-state index in [2.05, 4.69) is 5.32 Å². The molecule has 308 valence electrons. The Kier molecular flexibility index (Phi) is 14.8. The highest BCUT2D eigenvalue weighted by atomic mass is 16.8. The minimum atomic E-state index is -1.70. The lowest BCUT2D eigenvalue weighted by Crippen LogP contribution is -2.69. The molecule has 5 fully saturated rings. The molecule has 3 aliphatic heterocycles. The smallest absolute Gasteiger partial charge is 0.254 e. The Morgan fingerprint density at radius 1 is 0.830 bits per heavy atom. The predicted molar refractivity (Wildman–Crippen MR) is 184 cm³/mol. The third-order valence-electron chi connectivity index (χ3n) is 11.2. The number of hydrogen-bond donors (Lipinski definition) is 13. The van der Waals surface area contributed by atoms with Gasteiger partial charge in [0.05, 0.1) is 30.8 Å². The fourth-order valence-corrected chi connectivity index (χ4v) is 7.91. The normalized spacial score (nSPS) is 47.6. The summed E-state index contributed by atoms with van der Waals surface area (Å²) < 4.78 is 36.4. The van der Waals surface area contributed by atoms with Gasteiger partial charge in [-0.25, -0.2) is 0 Å². The summed E-state index contributed by atoms with van der Waals surface area (Å²) in [5.41, 5.74) is 34.7. The molecule has 5 rings (SSSR count). The summed E-state index contributed by atoms with van der Waals surface area (Å²) in [6.07, 6.45) is -14.1. The second-order valence-corrected chi connectivity index (χ2v) is 15.1. The van der Waals surface area contributed by atoms with Gasteiger partial charge in [-0.15, -0.1) is 0 Å². The standard InChI is InChI=1S/C32H62N8O13/c1-40(31(46)32(47)8-13(35)9-32)17-7-16(37)25(51-28-15(36)4-3-14(48-28)11-39-6-2-5-33)27(21(17)42)53-30-24(45)26(19(12-41)50-30)52-29-20(38)23(44)22(43)18(10-34)49-29/h13-30,39,41-45,47H,2-12,33-38H2,1H3/t13?,14-,15+,16-,17+,18-,19+,20+,21-,22+,23+,24+,25+,26+,27+,28+,29+,30-,32?/m0/s1. The first-order valence-corrected chi connectivity index (χ1v) is 18.5. The lowest BCUT2D eigenvalue weighted by atomic mass is 9.74. The number of nitrogens with one attached hydrogen (secondary N) is 1. The Labute approximate surface area is 308 Å². The van der Waals surface area contributed by atoms with Crippen molar-refractivity contribution in [1.82, 2.24) is 10.2 Å². The molecule has 21 heteroatoms. The summed E-state index contributed by atoms with van der Waals surface area (Å²) in [5, 5.41) is 68.6. The number of aliphatic hydroxyl groups excluding tert-OH is 5. The highest BCUT2D eigenvalue weighted by molar-refractivity contribution is 5.86. The van der Waals surface area contributed by atoms with Crippen LogP contribution in [0.4, 0.5) is 0 Å². The third-order valence-corrected chi connectivity index (χ3v) is 11.2. The summed E-state index contributed by atoms with van der Waals surface area (Å²) in [4.78, 5) is 14.7. The van der Waals surface area contributed by atoms with E-state index in [4.69, 9.17) is 62.8 Å². The maximum atomic E-state index is 13.5. The van der Waals surface area contributed by atoms with Crippen molar-refractivity contribution in [3.63, 3.8) is 0 Å². The molecule has 2 aliphatic carbocycles.